The average Bonchev–Trinajstić information content (AvgIpc) is 2.47. The Morgan fingerprint density at radius 3 is 2.81 bits per heavy atom. The Bertz CT molecular complexity index is 735. The van der Waals surface area contributed by atoms with Crippen LogP contribution in [0.25, 0.3) is 0 Å². The molecule has 0 unspecified atom stereocenters. The molecule has 2 aromatic carbocycles. The predicted molar refractivity (Wildman–Crippen MR) is 77.7 cm³/mol. The number of nitrogens with two attached hydrogens (primary N) is 1. The molecule has 0 fully saturated rings. The molecule has 0 aliphatic carbocycles. The Kier molecular flexibility index (Phi) is 4.05. The maximum Gasteiger partial charge on any atom is 0.292 e. The van der Waals surface area contributed by atoms with E-state index in [1.165, 1.54) is 6.07 Å². The zero-order valence-electron chi connectivity index (χ0n) is 11.4. The molecule has 0 saturated heterocycles. The van der Waals surface area contributed by atoms with Crippen molar-refractivity contribution in [1.29, 1.82) is 5.26 Å². The summed E-state index contributed by atoms with van der Waals surface area (Å²) >= 11 is 0. The van der Waals surface area contributed by atoms with E-state index in [0.717, 1.165) is 5.56 Å². The first kappa shape index (κ1) is 14.3. The maximum atomic E-state index is 10.8. The number of nitro groups is 1. The molecule has 2 rings (SSSR count). The van der Waals surface area contributed by atoms with Gasteiger partial charge in [0.05, 0.1) is 16.6 Å². The van der Waals surface area contributed by atoms with E-state index in [1.54, 1.807) is 30.3 Å². The predicted octanol–water partition coefficient (Wildman–Crippen LogP) is 2.94. The molecule has 0 saturated carbocycles. The number of hydrogen-bond acceptors (Lipinski definition) is 5. The van der Waals surface area contributed by atoms with Gasteiger partial charge in [0.1, 0.15) is 18.0 Å². The van der Waals surface area contributed by atoms with E-state index in [-0.39, 0.29) is 18.0 Å². The highest BCUT2D eigenvalue weighted by atomic mass is 16.6. The van der Waals surface area contributed by atoms with Gasteiger partial charge in [0.2, 0.25) is 0 Å². The fourth-order valence-corrected chi connectivity index (χ4v) is 1.87. The number of aryl methyl sites for hydroxylation is 1. The number of rotatable bonds is 4. The van der Waals surface area contributed by atoms with Crippen LogP contribution in [0.1, 0.15) is 16.7 Å². The second-order valence-corrected chi connectivity index (χ2v) is 4.49. The molecular formula is C15H13N3O3. The molecular weight excluding hydrogens is 270 g/mol. The van der Waals surface area contributed by atoms with Crippen LogP contribution in [0.2, 0.25) is 0 Å². The van der Waals surface area contributed by atoms with Gasteiger partial charge >= 0.3 is 0 Å². The first-order valence-corrected chi connectivity index (χ1v) is 6.18. The monoisotopic (exact) mass is 283 g/mol. The Balaban J connectivity index is 2.23. The highest BCUT2D eigenvalue weighted by Gasteiger charge is 2.14. The van der Waals surface area contributed by atoms with E-state index in [9.17, 15) is 10.1 Å². The van der Waals surface area contributed by atoms with Crippen LogP contribution >= 0.6 is 0 Å². The molecule has 6 heteroatoms. The summed E-state index contributed by atoms with van der Waals surface area (Å²) in [6.45, 7) is 1.95. The molecule has 2 N–H and O–H groups in total. The molecule has 0 radical (unpaired) electrons. The van der Waals surface area contributed by atoms with Crippen LogP contribution in [-0.2, 0) is 6.61 Å². The minimum atomic E-state index is -0.527. The number of para-hydroxylation sites is 1. The number of hydrogen-bond donors (Lipinski definition) is 1. The number of ether oxygens (including phenoxy) is 1. The van der Waals surface area contributed by atoms with E-state index in [4.69, 9.17) is 15.7 Å². The topological polar surface area (TPSA) is 102 Å². The van der Waals surface area contributed by atoms with E-state index >= 15 is 0 Å². The van der Waals surface area contributed by atoms with E-state index < -0.39 is 4.92 Å². The van der Waals surface area contributed by atoms with Gasteiger partial charge in [-0.3, -0.25) is 10.1 Å². The van der Waals surface area contributed by atoms with Crippen LogP contribution in [0.15, 0.2) is 36.4 Å². The van der Waals surface area contributed by atoms with Crippen molar-refractivity contribution >= 4 is 11.4 Å². The summed E-state index contributed by atoms with van der Waals surface area (Å²) in [5, 5.41) is 19.7. The zero-order valence-corrected chi connectivity index (χ0v) is 11.4. The Hall–Kier alpha value is -3.07. The number of nitrogen functional groups attached to an aromatic ring is 1. The van der Waals surface area contributed by atoms with Gasteiger partial charge in [-0.05, 0) is 24.6 Å². The molecule has 0 heterocycles. The number of benzene rings is 2. The number of nitriles is 1. The van der Waals surface area contributed by atoms with E-state index in [2.05, 4.69) is 0 Å². The summed E-state index contributed by atoms with van der Waals surface area (Å²) in [5.74, 6) is 0.556. The summed E-state index contributed by atoms with van der Waals surface area (Å²) < 4.78 is 5.63. The van der Waals surface area contributed by atoms with Crippen LogP contribution in [0, 0.1) is 28.4 Å². The van der Waals surface area contributed by atoms with Gasteiger partial charge in [0, 0.05) is 11.6 Å². The third-order valence-electron chi connectivity index (χ3n) is 3.07. The van der Waals surface area contributed by atoms with E-state index in [0.29, 0.717) is 16.9 Å². The minimum absolute atomic E-state index is 0.0941. The van der Waals surface area contributed by atoms with Crippen molar-refractivity contribution in [1.82, 2.24) is 0 Å². The van der Waals surface area contributed by atoms with Crippen molar-refractivity contribution < 1.29 is 9.66 Å². The normalized spacial score (nSPS) is 9.90. The van der Waals surface area contributed by atoms with Crippen molar-refractivity contribution in [3.8, 4) is 11.8 Å². The van der Waals surface area contributed by atoms with Crippen molar-refractivity contribution in [2.45, 2.75) is 13.5 Å². The largest absolute Gasteiger partial charge is 0.489 e. The zero-order chi connectivity index (χ0) is 15.4. The number of nitro benzene ring substituents is 1. The summed E-state index contributed by atoms with van der Waals surface area (Å²) in [5.41, 5.74) is 7.62. The summed E-state index contributed by atoms with van der Waals surface area (Å²) in [7, 11) is 0. The summed E-state index contributed by atoms with van der Waals surface area (Å²) in [6, 6.07) is 11.7. The summed E-state index contributed by atoms with van der Waals surface area (Å²) in [4.78, 5) is 10.3. The highest BCUT2D eigenvalue weighted by molar-refractivity contribution is 5.62. The molecule has 0 bridgehead atoms. The van der Waals surface area contributed by atoms with Crippen LogP contribution in [0.3, 0.4) is 0 Å². The fourth-order valence-electron chi connectivity index (χ4n) is 1.87. The van der Waals surface area contributed by atoms with Gasteiger partial charge in [-0.25, -0.2) is 0 Å². The Labute approximate surface area is 121 Å². The lowest BCUT2D eigenvalue weighted by Crippen LogP contribution is -2.04. The average molecular weight is 283 g/mol. The van der Waals surface area contributed by atoms with Gasteiger partial charge in [0.25, 0.3) is 5.69 Å². The fraction of sp³-hybridized carbons (Fsp3) is 0.133. The van der Waals surface area contributed by atoms with Crippen molar-refractivity contribution in [3.05, 3.63) is 63.2 Å². The quantitative estimate of drug-likeness (QED) is 0.528. The van der Waals surface area contributed by atoms with Crippen LogP contribution in [0.5, 0.6) is 5.75 Å². The highest BCUT2D eigenvalue weighted by Crippen LogP contribution is 2.27. The Morgan fingerprint density at radius 2 is 2.14 bits per heavy atom. The van der Waals surface area contributed by atoms with E-state index in [1.807, 2.05) is 13.0 Å². The van der Waals surface area contributed by atoms with Crippen molar-refractivity contribution in [2.75, 3.05) is 5.73 Å². The second kappa shape index (κ2) is 5.92. The molecule has 106 valence electrons. The minimum Gasteiger partial charge on any atom is -0.489 e. The Morgan fingerprint density at radius 1 is 1.38 bits per heavy atom. The molecule has 2 aromatic rings. The SMILES string of the molecule is Cc1ccc(C#N)cc1OCc1cccc([N+](=O)[O-])c1N. The van der Waals surface area contributed by atoms with Gasteiger partial charge < -0.3 is 10.5 Å². The van der Waals surface area contributed by atoms with Gasteiger partial charge in [-0.15, -0.1) is 0 Å². The molecule has 0 aliphatic rings. The molecule has 0 aromatic heterocycles. The van der Waals surface area contributed by atoms with Crippen molar-refractivity contribution in [2.24, 2.45) is 0 Å². The third-order valence-corrected chi connectivity index (χ3v) is 3.07. The van der Waals surface area contributed by atoms with Gasteiger partial charge in [-0.2, -0.15) is 5.26 Å². The first-order valence-electron chi connectivity index (χ1n) is 6.18. The molecule has 6 nitrogen and oxygen atoms in total. The first-order chi connectivity index (χ1) is 10.0. The molecule has 0 aliphatic heterocycles. The third kappa shape index (κ3) is 3.09. The standard InChI is InChI=1S/C15H13N3O3/c1-10-5-6-11(8-16)7-14(10)21-9-12-3-2-4-13(15(12)17)18(19)20/h2-7H,9,17H2,1H3. The summed E-state index contributed by atoms with van der Waals surface area (Å²) in [6.07, 6.45) is 0. The van der Waals surface area contributed by atoms with Crippen LogP contribution in [0.4, 0.5) is 11.4 Å². The van der Waals surface area contributed by atoms with Crippen LogP contribution < -0.4 is 10.5 Å². The molecule has 0 spiro atoms. The maximum absolute atomic E-state index is 10.8. The smallest absolute Gasteiger partial charge is 0.292 e. The van der Waals surface area contributed by atoms with Crippen molar-refractivity contribution in [3.63, 3.8) is 0 Å². The molecule has 0 amide bonds. The lowest BCUT2D eigenvalue weighted by Gasteiger charge is -2.11. The molecule has 0 atom stereocenters. The molecule has 21 heavy (non-hydrogen) atoms. The number of anilines is 1. The van der Waals surface area contributed by atoms with Crippen LogP contribution in [-0.4, -0.2) is 4.92 Å². The number of nitrogens with zero attached hydrogens (tertiary/aromatic N) is 2. The lowest BCUT2D eigenvalue weighted by atomic mass is 10.1. The second-order valence-electron chi connectivity index (χ2n) is 4.49. The lowest BCUT2D eigenvalue weighted by molar-refractivity contribution is -0.384. The van der Waals surface area contributed by atoms with Gasteiger partial charge in [-0.1, -0.05) is 18.2 Å². The van der Waals surface area contributed by atoms with Gasteiger partial charge in [0.15, 0.2) is 0 Å².